The van der Waals surface area contributed by atoms with Gasteiger partial charge in [-0.3, -0.25) is 4.98 Å². The predicted molar refractivity (Wildman–Crippen MR) is 236 cm³/mol. The second-order valence-corrected chi connectivity index (χ2v) is 26.2. The summed E-state index contributed by atoms with van der Waals surface area (Å²) < 4.78 is 16.2. The van der Waals surface area contributed by atoms with Gasteiger partial charge in [0.25, 0.3) is 0 Å². The Morgan fingerprint density at radius 3 is 2.05 bits per heavy atom. The van der Waals surface area contributed by atoms with Crippen LogP contribution < -0.4 is 4.40 Å². The van der Waals surface area contributed by atoms with Crippen molar-refractivity contribution in [3.63, 3.8) is 0 Å². The maximum Gasteiger partial charge on any atom is 0.121 e. The third kappa shape index (κ3) is 6.53. The van der Waals surface area contributed by atoms with E-state index in [4.69, 9.17) is 18.8 Å². The summed E-state index contributed by atoms with van der Waals surface area (Å²) in [6.45, 7) is 4.15. The van der Waals surface area contributed by atoms with E-state index in [-0.39, 0.29) is 20.1 Å². The average molecular weight is 992 g/mol. The summed E-state index contributed by atoms with van der Waals surface area (Å²) in [5, 5.41) is 6.65. The zero-order valence-electron chi connectivity index (χ0n) is 32.7. The predicted octanol–water partition coefficient (Wildman–Crippen LogP) is 12.5. The van der Waals surface area contributed by atoms with E-state index < -0.39 is 13.3 Å². The van der Waals surface area contributed by atoms with E-state index in [0.717, 1.165) is 83.4 Å². The van der Waals surface area contributed by atoms with Crippen LogP contribution >= 0.6 is 0 Å². The minimum atomic E-state index is -1.91. The Balaban J connectivity index is 0.000000152. The van der Waals surface area contributed by atoms with Crippen LogP contribution in [0, 0.1) is 26.0 Å². The number of benzene rings is 6. The van der Waals surface area contributed by atoms with Gasteiger partial charge in [-0.15, -0.1) is 18.2 Å². The van der Waals surface area contributed by atoms with Crippen molar-refractivity contribution in [2.45, 2.75) is 31.1 Å². The van der Waals surface area contributed by atoms with Gasteiger partial charge < -0.3 is 8.98 Å². The number of aryl methyl sites for hydroxylation is 2. The Hall–Kier alpha value is -5.86. The summed E-state index contributed by atoms with van der Waals surface area (Å²) in [6, 6.07) is 52.3. The summed E-state index contributed by atoms with van der Waals surface area (Å²) in [7, 11) is 0. The van der Waals surface area contributed by atoms with Crippen molar-refractivity contribution in [3.8, 4) is 28.3 Å². The van der Waals surface area contributed by atoms with Gasteiger partial charge in [0, 0.05) is 31.2 Å². The monoisotopic (exact) mass is 993 g/mol. The SMILES string of the molecule is Cc1ccc2c(n1)oc1c(-c3cc(C)[c]([Ge]([CH3])([CH3])[CH3])cn3)[c-]ccc12.[Ir].[c-]1ccc2c(oc3cc4ccccc4cc32)c1-c1nc2ccccc2n1-c1ccccc1. The fourth-order valence-corrected chi connectivity index (χ4v) is 11.6. The van der Waals surface area contributed by atoms with E-state index in [1.165, 1.54) is 20.7 Å². The molecule has 11 aromatic rings. The molecule has 0 amide bonds. The number of imidazole rings is 1. The Bertz CT molecular complexity index is 3320. The van der Waals surface area contributed by atoms with Crippen LogP contribution in [-0.2, 0) is 20.1 Å². The van der Waals surface area contributed by atoms with Crippen molar-refractivity contribution in [3.05, 3.63) is 163 Å². The molecule has 0 atom stereocenters. The van der Waals surface area contributed by atoms with Gasteiger partial charge in [-0.05, 0) is 47.2 Å². The number of para-hydroxylation sites is 3. The van der Waals surface area contributed by atoms with Crippen LogP contribution in [0.2, 0.25) is 17.3 Å². The van der Waals surface area contributed by atoms with Gasteiger partial charge in [-0.25, -0.2) is 0 Å². The third-order valence-electron chi connectivity index (χ3n) is 10.7. The Kier molecular flexibility index (Phi) is 9.64. The first-order valence-electron chi connectivity index (χ1n) is 19.2. The van der Waals surface area contributed by atoms with E-state index in [1.54, 1.807) is 0 Å². The van der Waals surface area contributed by atoms with Crippen LogP contribution in [0.5, 0.6) is 0 Å². The van der Waals surface area contributed by atoms with Gasteiger partial charge in [0.15, 0.2) is 0 Å². The number of furan rings is 2. The number of pyridine rings is 2. The van der Waals surface area contributed by atoms with Crippen molar-refractivity contribution >= 4 is 83.5 Å². The molecule has 0 saturated heterocycles. The Morgan fingerprint density at radius 1 is 0.621 bits per heavy atom. The molecule has 0 aliphatic rings. The number of nitrogens with zero attached hydrogens (tertiary/aromatic N) is 4. The molecule has 1 radical (unpaired) electrons. The molecular formula is C50H38GeIrN4O2-2. The fraction of sp³-hybridized carbons (Fsp3) is 0.100. The first-order chi connectivity index (χ1) is 27.7. The van der Waals surface area contributed by atoms with Crippen LogP contribution in [0.3, 0.4) is 0 Å². The first kappa shape index (κ1) is 37.7. The molecule has 11 rings (SSSR count). The maximum absolute atomic E-state index is 6.45. The second kappa shape index (κ2) is 14.8. The van der Waals surface area contributed by atoms with Gasteiger partial charge in [0.05, 0.1) is 22.4 Å². The van der Waals surface area contributed by atoms with E-state index in [9.17, 15) is 0 Å². The standard InChI is InChI=1S/C29H17N2O.C21H21GeN2O.Ir/c1-2-11-21(12-3-1)31-26-16-7-6-15-25(26)30-29(31)23-14-8-13-22-24-17-19-9-4-5-10-20(19)18-27(24)32-28(22)23;1-13-11-19(23-12-18(13)22(3,4)5)17-8-6-7-15-16-10-9-14(2)24-21(16)25-20(15)17;/h1-13,15-18H;6-7,9-12H,1-5H3;/q2*-1;. The van der Waals surface area contributed by atoms with E-state index in [2.05, 4.69) is 125 Å². The van der Waals surface area contributed by atoms with Gasteiger partial charge in [-0.1, -0.05) is 65.5 Å². The zero-order valence-corrected chi connectivity index (χ0v) is 37.2. The number of rotatable bonds is 4. The first-order valence-corrected chi connectivity index (χ1v) is 26.5. The molecule has 0 N–H and O–H groups in total. The molecule has 0 aliphatic carbocycles. The van der Waals surface area contributed by atoms with Crippen molar-refractivity contribution < 1.29 is 28.9 Å². The molecular weight excluding hydrogens is 953 g/mol. The molecule has 0 saturated carbocycles. The molecule has 0 aliphatic heterocycles. The number of hydrogen-bond donors (Lipinski definition) is 0. The Morgan fingerprint density at radius 2 is 1.29 bits per heavy atom. The molecule has 5 heterocycles. The number of hydrogen-bond acceptors (Lipinski definition) is 5. The topological polar surface area (TPSA) is 69.9 Å². The zero-order chi connectivity index (χ0) is 38.8. The van der Waals surface area contributed by atoms with Crippen LogP contribution in [0.25, 0.3) is 94.1 Å². The summed E-state index contributed by atoms with van der Waals surface area (Å²) >= 11 is -1.91. The van der Waals surface area contributed by atoms with Crippen molar-refractivity contribution in [1.29, 1.82) is 0 Å². The summed E-state index contributed by atoms with van der Waals surface area (Å²) in [5.41, 5.74) is 11.2. The van der Waals surface area contributed by atoms with Gasteiger partial charge in [-0.2, -0.15) is 0 Å². The summed E-state index contributed by atoms with van der Waals surface area (Å²) in [5.74, 6) is 8.00. The average Bonchev–Trinajstić information content (AvgIpc) is 3.91. The molecule has 0 fully saturated rings. The maximum atomic E-state index is 6.45. The van der Waals surface area contributed by atoms with Crippen LogP contribution in [0.1, 0.15) is 11.3 Å². The van der Waals surface area contributed by atoms with Crippen molar-refractivity contribution in [2.75, 3.05) is 0 Å². The van der Waals surface area contributed by atoms with Crippen LogP contribution in [0.4, 0.5) is 0 Å². The summed E-state index contributed by atoms with van der Waals surface area (Å²) in [6.07, 6.45) is 2.06. The largest absolute Gasteiger partial charge is 0.501 e. The molecule has 6 aromatic carbocycles. The molecule has 8 heteroatoms. The Labute approximate surface area is 352 Å². The smallest absolute Gasteiger partial charge is 0.121 e. The van der Waals surface area contributed by atoms with Crippen LogP contribution in [-0.4, -0.2) is 32.8 Å². The van der Waals surface area contributed by atoms with E-state index in [1.807, 2.05) is 67.6 Å². The quantitative estimate of drug-likeness (QED) is 0.130. The normalized spacial score (nSPS) is 11.7. The van der Waals surface area contributed by atoms with Gasteiger partial charge in [0.1, 0.15) is 5.58 Å². The molecule has 58 heavy (non-hydrogen) atoms. The van der Waals surface area contributed by atoms with Crippen molar-refractivity contribution in [2.24, 2.45) is 0 Å². The minimum absolute atomic E-state index is 0. The third-order valence-corrected chi connectivity index (χ3v) is 15.2. The van der Waals surface area contributed by atoms with Gasteiger partial charge >= 0.3 is 150 Å². The molecule has 0 spiro atoms. The number of aromatic nitrogens is 4. The molecule has 5 aromatic heterocycles. The van der Waals surface area contributed by atoms with Gasteiger partial charge in [0.2, 0.25) is 0 Å². The minimum Gasteiger partial charge on any atom is -0.501 e. The molecule has 0 bridgehead atoms. The van der Waals surface area contributed by atoms with E-state index >= 15 is 0 Å². The second-order valence-electron chi connectivity index (χ2n) is 15.6. The number of fused-ring (bicyclic) bond motifs is 8. The van der Waals surface area contributed by atoms with Crippen LogP contribution in [0.15, 0.2) is 148 Å². The van der Waals surface area contributed by atoms with Crippen molar-refractivity contribution in [1.82, 2.24) is 19.5 Å². The molecule has 285 valence electrons. The summed E-state index contributed by atoms with van der Waals surface area (Å²) in [4.78, 5) is 14.3. The molecule has 6 nitrogen and oxygen atoms in total. The van der Waals surface area contributed by atoms with E-state index in [0.29, 0.717) is 5.71 Å². The fourth-order valence-electron chi connectivity index (χ4n) is 8.01. The molecule has 0 unspecified atom stereocenters.